The van der Waals surface area contributed by atoms with Crippen LogP contribution in [0.1, 0.15) is 37.2 Å². The van der Waals surface area contributed by atoms with Crippen LogP contribution in [0.5, 0.6) is 0 Å². The van der Waals surface area contributed by atoms with Crippen LogP contribution in [0.15, 0.2) is 28.7 Å². The predicted molar refractivity (Wildman–Crippen MR) is 76.7 cm³/mol. The van der Waals surface area contributed by atoms with E-state index < -0.39 is 0 Å². The standard InChI is InChI=1S/C15H20BrNO/c16-13-3-1-11(2-4-13)12-7-14(8-12)17-9-15(10-18)5-6-15/h1-4,12,14,17-18H,5-10H2. The SMILES string of the molecule is OCC1(CNC2CC(c3ccc(Br)cc3)C2)CC1. The molecule has 1 aromatic carbocycles. The van der Waals surface area contributed by atoms with Gasteiger partial charge >= 0.3 is 0 Å². The predicted octanol–water partition coefficient (Wildman–Crippen LogP) is 3.06. The van der Waals surface area contributed by atoms with E-state index in [1.165, 1.54) is 31.2 Å². The summed E-state index contributed by atoms with van der Waals surface area (Å²) in [5.41, 5.74) is 1.70. The van der Waals surface area contributed by atoms with Crippen LogP contribution in [-0.4, -0.2) is 24.3 Å². The summed E-state index contributed by atoms with van der Waals surface area (Å²) in [6.07, 6.45) is 4.87. The molecule has 2 N–H and O–H groups in total. The van der Waals surface area contributed by atoms with Gasteiger partial charge in [-0.1, -0.05) is 28.1 Å². The molecule has 0 aliphatic heterocycles. The van der Waals surface area contributed by atoms with E-state index in [1.54, 1.807) is 0 Å². The summed E-state index contributed by atoms with van der Waals surface area (Å²) in [4.78, 5) is 0. The molecule has 0 spiro atoms. The maximum atomic E-state index is 9.27. The number of rotatable bonds is 5. The lowest BCUT2D eigenvalue weighted by molar-refractivity contribution is 0.190. The van der Waals surface area contributed by atoms with Crippen LogP contribution in [0.25, 0.3) is 0 Å². The molecule has 2 aliphatic rings. The molecule has 0 radical (unpaired) electrons. The topological polar surface area (TPSA) is 32.3 Å². The first kappa shape index (κ1) is 12.6. The van der Waals surface area contributed by atoms with Crippen molar-refractivity contribution >= 4 is 15.9 Å². The Balaban J connectivity index is 1.44. The van der Waals surface area contributed by atoms with Gasteiger partial charge < -0.3 is 10.4 Å². The van der Waals surface area contributed by atoms with E-state index in [-0.39, 0.29) is 5.41 Å². The van der Waals surface area contributed by atoms with Crippen LogP contribution in [0.4, 0.5) is 0 Å². The van der Waals surface area contributed by atoms with Gasteiger partial charge in [0.1, 0.15) is 0 Å². The third-order valence-corrected chi connectivity index (χ3v) is 5.07. The van der Waals surface area contributed by atoms with E-state index >= 15 is 0 Å². The lowest BCUT2D eigenvalue weighted by Crippen LogP contribution is -2.43. The fourth-order valence-electron chi connectivity index (χ4n) is 2.72. The van der Waals surface area contributed by atoms with Crippen molar-refractivity contribution in [1.29, 1.82) is 0 Å². The molecule has 0 amide bonds. The van der Waals surface area contributed by atoms with Gasteiger partial charge in [0.25, 0.3) is 0 Å². The molecule has 2 saturated carbocycles. The Bertz CT molecular complexity index is 407. The quantitative estimate of drug-likeness (QED) is 0.876. The van der Waals surface area contributed by atoms with Crippen LogP contribution in [0.3, 0.4) is 0 Å². The summed E-state index contributed by atoms with van der Waals surface area (Å²) in [6, 6.07) is 9.35. The molecule has 0 heterocycles. The number of aliphatic hydroxyl groups is 1. The number of benzene rings is 1. The molecule has 3 heteroatoms. The number of hydrogen-bond acceptors (Lipinski definition) is 2. The first-order chi connectivity index (χ1) is 8.71. The second kappa shape index (κ2) is 4.95. The Labute approximate surface area is 117 Å². The molecule has 0 unspecified atom stereocenters. The van der Waals surface area contributed by atoms with Gasteiger partial charge in [0.2, 0.25) is 0 Å². The summed E-state index contributed by atoms with van der Waals surface area (Å²) in [5, 5.41) is 12.9. The molecular formula is C15H20BrNO. The Morgan fingerprint density at radius 3 is 2.44 bits per heavy atom. The number of hydrogen-bond donors (Lipinski definition) is 2. The fraction of sp³-hybridized carbons (Fsp3) is 0.600. The number of aliphatic hydroxyl groups excluding tert-OH is 1. The molecule has 2 nitrogen and oxygen atoms in total. The molecule has 1 aromatic rings. The Morgan fingerprint density at radius 1 is 1.22 bits per heavy atom. The van der Waals surface area contributed by atoms with E-state index in [9.17, 15) is 5.11 Å². The van der Waals surface area contributed by atoms with Gasteiger partial charge in [-0.15, -0.1) is 0 Å². The molecule has 18 heavy (non-hydrogen) atoms. The van der Waals surface area contributed by atoms with Gasteiger partial charge in [-0.2, -0.15) is 0 Å². The minimum atomic E-state index is 0.239. The normalized spacial score (nSPS) is 28.8. The molecular weight excluding hydrogens is 290 g/mol. The highest BCUT2D eigenvalue weighted by atomic mass is 79.9. The smallest absolute Gasteiger partial charge is 0.0499 e. The van der Waals surface area contributed by atoms with E-state index in [2.05, 4.69) is 45.5 Å². The highest BCUT2D eigenvalue weighted by Crippen LogP contribution is 2.45. The second-order valence-corrected chi connectivity index (χ2v) is 6.87. The molecule has 2 aliphatic carbocycles. The zero-order valence-electron chi connectivity index (χ0n) is 10.5. The maximum absolute atomic E-state index is 9.27. The van der Waals surface area contributed by atoms with Crippen molar-refractivity contribution in [3.05, 3.63) is 34.3 Å². The summed E-state index contributed by atoms with van der Waals surface area (Å²) in [6.45, 7) is 1.35. The Hall–Kier alpha value is -0.380. The van der Waals surface area contributed by atoms with Gasteiger partial charge in [-0.05, 0) is 49.3 Å². The minimum absolute atomic E-state index is 0.239. The van der Waals surface area contributed by atoms with Gasteiger partial charge in [-0.25, -0.2) is 0 Å². The van der Waals surface area contributed by atoms with Gasteiger partial charge in [0.15, 0.2) is 0 Å². The molecule has 3 rings (SSSR count). The largest absolute Gasteiger partial charge is 0.396 e. The maximum Gasteiger partial charge on any atom is 0.0499 e. The first-order valence-electron chi connectivity index (χ1n) is 6.80. The molecule has 0 saturated heterocycles. The third kappa shape index (κ3) is 2.63. The van der Waals surface area contributed by atoms with Crippen molar-refractivity contribution in [2.24, 2.45) is 5.41 Å². The number of nitrogens with one attached hydrogen (secondary N) is 1. The summed E-state index contributed by atoms with van der Waals surface area (Å²) in [5.74, 6) is 0.722. The first-order valence-corrected chi connectivity index (χ1v) is 7.60. The van der Waals surface area contributed by atoms with Crippen LogP contribution in [-0.2, 0) is 0 Å². The van der Waals surface area contributed by atoms with Gasteiger partial charge in [0, 0.05) is 29.1 Å². The summed E-state index contributed by atoms with van der Waals surface area (Å²) in [7, 11) is 0. The second-order valence-electron chi connectivity index (χ2n) is 5.96. The highest BCUT2D eigenvalue weighted by Gasteiger charge is 2.42. The highest BCUT2D eigenvalue weighted by molar-refractivity contribution is 9.10. The van der Waals surface area contributed by atoms with Gasteiger partial charge in [-0.3, -0.25) is 0 Å². The van der Waals surface area contributed by atoms with Crippen LogP contribution in [0.2, 0.25) is 0 Å². The molecule has 0 atom stereocenters. The molecule has 2 fully saturated rings. The van der Waals surface area contributed by atoms with E-state index in [4.69, 9.17) is 0 Å². The Morgan fingerprint density at radius 2 is 1.89 bits per heavy atom. The van der Waals surface area contributed by atoms with Crippen molar-refractivity contribution < 1.29 is 5.11 Å². The van der Waals surface area contributed by atoms with E-state index in [1.807, 2.05) is 0 Å². The van der Waals surface area contributed by atoms with Crippen LogP contribution < -0.4 is 5.32 Å². The average Bonchev–Trinajstić information content (AvgIpc) is 3.10. The summed E-state index contributed by atoms with van der Waals surface area (Å²) >= 11 is 3.47. The lowest BCUT2D eigenvalue weighted by Gasteiger charge is -2.37. The third-order valence-electron chi connectivity index (χ3n) is 4.54. The summed E-state index contributed by atoms with van der Waals surface area (Å²) < 4.78 is 1.15. The molecule has 0 bridgehead atoms. The van der Waals surface area contributed by atoms with Crippen molar-refractivity contribution in [3.63, 3.8) is 0 Å². The molecule has 0 aromatic heterocycles. The fourth-order valence-corrected chi connectivity index (χ4v) is 2.98. The van der Waals surface area contributed by atoms with Crippen LogP contribution in [0, 0.1) is 5.41 Å². The van der Waals surface area contributed by atoms with Crippen molar-refractivity contribution in [1.82, 2.24) is 5.32 Å². The van der Waals surface area contributed by atoms with Crippen molar-refractivity contribution in [3.8, 4) is 0 Å². The number of halogens is 1. The average molecular weight is 310 g/mol. The van der Waals surface area contributed by atoms with Crippen molar-refractivity contribution in [2.75, 3.05) is 13.2 Å². The zero-order valence-corrected chi connectivity index (χ0v) is 12.1. The monoisotopic (exact) mass is 309 g/mol. The Kier molecular flexibility index (Phi) is 3.48. The lowest BCUT2D eigenvalue weighted by atomic mass is 9.76. The van der Waals surface area contributed by atoms with E-state index in [0.717, 1.165) is 16.9 Å². The van der Waals surface area contributed by atoms with Crippen molar-refractivity contribution in [2.45, 2.75) is 37.6 Å². The zero-order chi connectivity index (χ0) is 12.6. The van der Waals surface area contributed by atoms with Gasteiger partial charge in [0.05, 0.1) is 0 Å². The van der Waals surface area contributed by atoms with E-state index in [0.29, 0.717) is 12.6 Å². The molecule has 98 valence electrons. The van der Waals surface area contributed by atoms with Crippen LogP contribution >= 0.6 is 15.9 Å². The minimum Gasteiger partial charge on any atom is -0.396 e.